The number of nitrogens with one attached hydrogen (secondary N) is 3. The molecule has 1 aliphatic rings. The average molecular weight is 285 g/mol. The van der Waals surface area contributed by atoms with E-state index in [-0.39, 0.29) is 17.5 Å². The van der Waals surface area contributed by atoms with Crippen LogP contribution in [0.5, 0.6) is 0 Å². The van der Waals surface area contributed by atoms with Crippen molar-refractivity contribution < 1.29 is 4.39 Å². The Bertz CT molecular complexity index is 806. The maximum atomic E-state index is 13.6. The molecule has 3 rings (SSSR count). The predicted octanol–water partition coefficient (Wildman–Crippen LogP) is 0.526. The number of H-pyrrole nitrogens is 1. The van der Waals surface area contributed by atoms with Crippen LogP contribution in [0.1, 0.15) is 17.0 Å². The molecule has 8 heteroatoms. The van der Waals surface area contributed by atoms with Crippen LogP contribution < -0.4 is 16.5 Å². The van der Waals surface area contributed by atoms with Gasteiger partial charge in [0.15, 0.2) is 17.6 Å². The first-order chi connectivity index (χ1) is 10.1. The minimum atomic E-state index is -0.597. The number of aromatic amines is 1. The van der Waals surface area contributed by atoms with Gasteiger partial charge in [-0.3, -0.25) is 5.41 Å². The molecule has 2 aromatic heterocycles. The van der Waals surface area contributed by atoms with E-state index in [4.69, 9.17) is 11.1 Å². The molecular formula is C13H12FN7. The number of hydrogen-bond acceptors (Lipinski definition) is 5. The molecule has 0 saturated carbocycles. The number of fused-ring (bicyclic) bond motifs is 1. The second-order valence-corrected chi connectivity index (χ2v) is 4.34. The Hall–Kier alpha value is -3.03. The van der Waals surface area contributed by atoms with E-state index in [1.165, 1.54) is 18.3 Å². The summed E-state index contributed by atoms with van der Waals surface area (Å²) in [6.45, 7) is 0.492. The van der Waals surface area contributed by atoms with Gasteiger partial charge >= 0.3 is 0 Å². The molecule has 0 fully saturated rings. The molecule has 0 bridgehead atoms. The first-order valence-corrected chi connectivity index (χ1v) is 6.18. The second-order valence-electron chi connectivity index (χ2n) is 4.34. The molecule has 0 aromatic carbocycles. The van der Waals surface area contributed by atoms with Crippen molar-refractivity contribution in [3.05, 3.63) is 52.8 Å². The van der Waals surface area contributed by atoms with Crippen LogP contribution in [0.25, 0.3) is 6.08 Å². The minimum absolute atomic E-state index is 0.116. The van der Waals surface area contributed by atoms with Crippen molar-refractivity contribution in [3.8, 4) is 0 Å². The standard InChI is InChI=1S/C13H12FN7/c14-8-2-1-4-18-10(8)11(15)20-12-7-6-17-5-3-9(7)19-13(16)21-12/h1-5,17H,6H2,(H4,15,16,19,20,21). The van der Waals surface area contributed by atoms with E-state index >= 15 is 0 Å². The summed E-state index contributed by atoms with van der Waals surface area (Å²) in [6, 6.07) is 2.69. The van der Waals surface area contributed by atoms with E-state index in [1.807, 2.05) is 0 Å². The van der Waals surface area contributed by atoms with Crippen LogP contribution in [0.2, 0.25) is 0 Å². The number of pyridine rings is 1. The van der Waals surface area contributed by atoms with Gasteiger partial charge < -0.3 is 16.0 Å². The molecule has 0 aliphatic carbocycles. The smallest absolute Gasteiger partial charge is 0.199 e. The van der Waals surface area contributed by atoms with Crippen LogP contribution in [-0.4, -0.2) is 20.8 Å². The summed E-state index contributed by atoms with van der Waals surface area (Å²) in [6.07, 6.45) is 4.92. The van der Waals surface area contributed by atoms with Gasteiger partial charge in [-0.2, -0.15) is 0 Å². The monoisotopic (exact) mass is 285 g/mol. The fourth-order valence-corrected chi connectivity index (χ4v) is 1.97. The zero-order valence-corrected chi connectivity index (χ0v) is 10.9. The third kappa shape index (κ3) is 2.50. The maximum absolute atomic E-state index is 13.6. The van der Waals surface area contributed by atoms with Crippen molar-refractivity contribution in [2.75, 3.05) is 5.73 Å². The van der Waals surface area contributed by atoms with Gasteiger partial charge in [0.05, 0.1) is 5.69 Å². The largest absolute Gasteiger partial charge is 0.387 e. The van der Waals surface area contributed by atoms with Crippen molar-refractivity contribution in [1.29, 1.82) is 5.41 Å². The van der Waals surface area contributed by atoms with Gasteiger partial charge in [-0.25, -0.2) is 19.4 Å². The lowest BCUT2D eigenvalue weighted by atomic mass is 10.2. The zero-order chi connectivity index (χ0) is 14.8. The molecule has 0 saturated heterocycles. The normalized spacial score (nSPS) is 13.7. The Balaban J connectivity index is 2.12. The highest BCUT2D eigenvalue weighted by Crippen LogP contribution is 2.09. The number of nitrogens with two attached hydrogens (primary N) is 1. The summed E-state index contributed by atoms with van der Waals surface area (Å²) in [5, 5.41) is 10.9. The third-order valence-corrected chi connectivity index (χ3v) is 2.93. The quantitative estimate of drug-likeness (QED) is 0.451. The summed E-state index contributed by atoms with van der Waals surface area (Å²) in [5.74, 6) is -0.708. The first kappa shape index (κ1) is 13.0. The lowest BCUT2D eigenvalue weighted by molar-refractivity contribution is 0.617. The second kappa shape index (κ2) is 5.16. The number of halogens is 1. The number of nitrogens with zero attached hydrogens (tertiary/aromatic N) is 3. The summed E-state index contributed by atoms with van der Waals surface area (Å²) in [7, 11) is 0. The number of hydrogen-bond donors (Lipinski definition) is 4. The summed E-state index contributed by atoms with van der Waals surface area (Å²) in [5.41, 5.74) is 7.36. The maximum Gasteiger partial charge on any atom is 0.199 e. The van der Waals surface area contributed by atoms with Crippen LogP contribution in [0.3, 0.4) is 0 Å². The average Bonchev–Trinajstić information content (AvgIpc) is 2.47. The van der Waals surface area contributed by atoms with Crippen LogP contribution in [0, 0.1) is 11.2 Å². The lowest BCUT2D eigenvalue weighted by Crippen LogP contribution is -2.27. The molecule has 1 aliphatic heterocycles. The number of amidine groups is 1. The summed E-state index contributed by atoms with van der Waals surface area (Å²) in [4.78, 5) is 14.9. The van der Waals surface area contributed by atoms with Gasteiger partial charge in [0.1, 0.15) is 11.2 Å². The predicted molar refractivity (Wildman–Crippen MR) is 75.5 cm³/mol. The fraction of sp³-hybridized carbons (Fsp3) is 0.0769. The van der Waals surface area contributed by atoms with Gasteiger partial charge in [-0.05, 0) is 24.4 Å². The molecule has 7 nitrogen and oxygen atoms in total. The van der Waals surface area contributed by atoms with Crippen molar-refractivity contribution in [2.45, 2.75) is 6.54 Å². The Morgan fingerprint density at radius 3 is 3.14 bits per heavy atom. The Kier molecular flexibility index (Phi) is 3.19. The van der Waals surface area contributed by atoms with Crippen molar-refractivity contribution in [3.63, 3.8) is 0 Å². The molecule has 0 unspecified atom stereocenters. The number of nitrogen functional groups attached to an aromatic ring is 1. The molecule has 5 N–H and O–H groups in total. The molecule has 3 heterocycles. The van der Waals surface area contributed by atoms with Crippen molar-refractivity contribution in [1.82, 2.24) is 20.3 Å². The van der Waals surface area contributed by atoms with Crippen LogP contribution in [0.4, 0.5) is 10.3 Å². The van der Waals surface area contributed by atoms with Crippen molar-refractivity contribution >= 4 is 17.9 Å². The van der Waals surface area contributed by atoms with Gasteiger partial charge in [-0.1, -0.05) is 0 Å². The number of aromatic nitrogens is 3. The van der Waals surface area contributed by atoms with Gasteiger partial charge in [-0.15, -0.1) is 0 Å². The topological polar surface area (TPSA) is 116 Å². The van der Waals surface area contributed by atoms with Crippen molar-refractivity contribution in [2.24, 2.45) is 4.99 Å². The first-order valence-electron chi connectivity index (χ1n) is 6.18. The fourth-order valence-electron chi connectivity index (χ4n) is 1.97. The van der Waals surface area contributed by atoms with E-state index < -0.39 is 5.82 Å². The number of rotatable bonds is 1. The molecule has 0 radical (unpaired) electrons. The minimum Gasteiger partial charge on any atom is -0.387 e. The van der Waals surface area contributed by atoms with Crippen LogP contribution in [0.15, 0.2) is 29.5 Å². The van der Waals surface area contributed by atoms with Crippen LogP contribution >= 0.6 is 0 Å². The van der Waals surface area contributed by atoms with Crippen LogP contribution in [-0.2, 0) is 6.54 Å². The lowest BCUT2D eigenvalue weighted by Gasteiger charge is -2.12. The molecule has 0 amide bonds. The Morgan fingerprint density at radius 2 is 2.33 bits per heavy atom. The molecule has 106 valence electrons. The highest BCUT2D eigenvalue weighted by Gasteiger charge is 2.12. The Labute approximate surface area is 119 Å². The Morgan fingerprint density at radius 1 is 1.48 bits per heavy atom. The third-order valence-electron chi connectivity index (χ3n) is 2.93. The molecular weight excluding hydrogens is 273 g/mol. The van der Waals surface area contributed by atoms with Gasteiger partial charge in [0.25, 0.3) is 0 Å². The van der Waals surface area contributed by atoms with E-state index in [1.54, 1.807) is 12.3 Å². The van der Waals surface area contributed by atoms with E-state index in [0.717, 1.165) is 5.56 Å². The molecule has 2 aromatic rings. The van der Waals surface area contributed by atoms with E-state index in [2.05, 4.69) is 25.3 Å². The van der Waals surface area contributed by atoms with Gasteiger partial charge in [0.2, 0.25) is 0 Å². The zero-order valence-electron chi connectivity index (χ0n) is 10.9. The highest BCUT2D eigenvalue weighted by atomic mass is 19.1. The van der Waals surface area contributed by atoms with E-state index in [0.29, 0.717) is 17.7 Å². The molecule has 0 spiro atoms. The highest BCUT2D eigenvalue weighted by molar-refractivity contribution is 5.95. The summed E-state index contributed by atoms with van der Waals surface area (Å²) >= 11 is 0. The SMILES string of the molecule is N=C(/N=c1\[nH]c(N)nc2c1CNC=C2)c1ncccc1F. The molecule has 0 atom stereocenters. The summed E-state index contributed by atoms with van der Waals surface area (Å²) < 4.78 is 13.6. The number of anilines is 1. The molecule has 21 heavy (non-hydrogen) atoms. The van der Waals surface area contributed by atoms with E-state index in [9.17, 15) is 4.39 Å². The van der Waals surface area contributed by atoms with Gasteiger partial charge in [0, 0.05) is 18.3 Å².